The smallest absolute Gasteiger partial charge is 0.390 e. The topological polar surface area (TPSA) is 39.9 Å². The molecule has 0 bridgehead atoms. The van der Waals surface area contributed by atoms with Crippen molar-refractivity contribution in [3.05, 3.63) is 36.2 Å². The molecular formula is C18H26F3N3OSi. The van der Waals surface area contributed by atoms with Crippen LogP contribution in [-0.2, 0) is 17.6 Å². The summed E-state index contributed by atoms with van der Waals surface area (Å²) < 4.78 is 45.3. The molecule has 0 aliphatic rings. The van der Waals surface area contributed by atoms with Gasteiger partial charge in [-0.3, -0.25) is 9.67 Å². The third-order valence-corrected chi connectivity index (χ3v) is 9.33. The van der Waals surface area contributed by atoms with E-state index in [2.05, 4.69) is 43.9 Å². The molecule has 2 rings (SSSR count). The second-order valence-corrected chi connectivity index (χ2v) is 12.7. The Balaban J connectivity index is 2.24. The van der Waals surface area contributed by atoms with E-state index in [-0.39, 0.29) is 11.6 Å². The van der Waals surface area contributed by atoms with Crippen molar-refractivity contribution in [1.29, 1.82) is 0 Å². The molecule has 0 aliphatic heterocycles. The van der Waals surface area contributed by atoms with E-state index >= 15 is 0 Å². The van der Waals surface area contributed by atoms with Crippen molar-refractivity contribution in [1.82, 2.24) is 14.8 Å². The minimum atomic E-state index is -4.22. The highest BCUT2D eigenvalue weighted by molar-refractivity contribution is 6.74. The van der Waals surface area contributed by atoms with Crippen molar-refractivity contribution in [3.8, 4) is 11.4 Å². The highest BCUT2D eigenvalue weighted by Crippen LogP contribution is 2.37. The van der Waals surface area contributed by atoms with E-state index in [1.165, 1.54) is 10.9 Å². The van der Waals surface area contributed by atoms with E-state index < -0.39 is 20.9 Å². The molecule has 0 fully saturated rings. The average Bonchev–Trinajstić information content (AvgIpc) is 2.98. The fourth-order valence-electron chi connectivity index (χ4n) is 2.21. The van der Waals surface area contributed by atoms with Crippen LogP contribution in [0.4, 0.5) is 13.2 Å². The Kier molecular flexibility index (Phi) is 5.97. The Hall–Kier alpha value is -1.67. The highest BCUT2D eigenvalue weighted by atomic mass is 28.4. The summed E-state index contributed by atoms with van der Waals surface area (Å²) in [6.45, 7) is 11.0. The van der Waals surface area contributed by atoms with Crippen LogP contribution < -0.4 is 0 Å². The number of nitrogens with zero attached hydrogens (tertiary/aromatic N) is 3. The third kappa shape index (κ3) is 5.17. The van der Waals surface area contributed by atoms with Gasteiger partial charge in [-0.05, 0) is 30.3 Å². The van der Waals surface area contributed by atoms with Gasteiger partial charge in [0.1, 0.15) is 0 Å². The van der Waals surface area contributed by atoms with E-state index in [1.54, 1.807) is 12.3 Å². The van der Waals surface area contributed by atoms with Crippen LogP contribution in [0.5, 0.6) is 0 Å². The van der Waals surface area contributed by atoms with E-state index in [0.717, 1.165) is 5.56 Å². The lowest BCUT2D eigenvalue weighted by atomic mass is 10.1. The number of halogens is 3. The summed E-state index contributed by atoms with van der Waals surface area (Å²) in [7, 11) is -1.95. The number of alkyl halides is 3. The monoisotopic (exact) mass is 385 g/mol. The molecule has 144 valence electrons. The van der Waals surface area contributed by atoms with Crippen molar-refractivity contribution in [2.45, 2.75) is 64.7 Å². The van der Waals surface area contributed by atoms with Crippen LogP contribution >= 0.6 is 0 Å². The molecule has 26 heavy (non-hydrogen) atoms. The lowest BCUT2D eigenvalue weighted by Gasteiger charge is -2.36. The standard InChI is InChI=1S/C18H26F3N3OSi/c1-17(2,3)26(4,5)25-13-14-7-6-10-22-16(14)15-8-11-23-24(15)12-9-18(19,20)21/h6-8,10-11H,9,12-13H2,1-5H3. The number of aryl methyl sites for hydroxylation is 1. The fourth-order valence-corrected chi connectivity index (χ4v) is 3.15. The molecule has 0 aliphatic carbocycles. The molecule has 0 saturated carbocycles. The van der Waals surface area contributed by atoms with Gasteiger partial charge in [-0.2, -0.15) is 18.3 Å². The van der Waals surface area contributed by atoms with Gasteiger partial charge in [0.15, 0.2) is 8.32 Å². The van der Waals surface area contributed by atoms with Crippen LogP contribution in [0.3, 0.4) is 0 Å². The van der Waals surface area contributed by atoms with Crippen molar-refractivity contribution in [2.24, 2.45) is 0 Å². The van der Waals surface area contributed by atoms with E-state index in [4.69, 9.17) is 4.43 Å². The Bertz CT molecular complexity index is 736. The summed E-state index contributed by atoms with van der Waals surface area (Å²) in [5.74, 6) is 0. The summed E-state index contributed by atoms with van der Waals surface area (Å²) in [6.07, 6.45) is -2.02. The number of aromatic nitrogens is 3. The zero-order valence-corrected chi connectivity index (χ0v) is 16.9. The number of hydrogen-bond donors (Lipinski definition) is 0. The Labute approximate surface area is 153 Å². The van der Waals surface area contributed by atoms with Gasteiger partial charge in [-0.25, -0.2) is 0 Å². The summed E-state index contributed by atoms with van der Waals surface area (Å²) in [5.41, 5.74) is 2.04. The number of hydrogen-bond acceptors (Lipinski definition) is 3. The molecule has 0 amide bonds. The third-order valence-electron chi connectivity index (χ3n) is 4.85. The summed E-state index contributed by atoms with van der Waals surface area (Å²) >= 11 is 0. The largest absolute Gasteiger partial charge is 0.412 e. The van der Waals surface area contributed by atoms with E-state index in [1.807, 2.05) is 12.1 Å². The summed E-state index contributed by atoms with van der Waals surface area (Å²) in [6, 6.07) is 5.40. The van der Waals surface area contributed by atoms with E-state index in [9.17, 15) is 13.2 Å². The molecule has 0 unspecified atom stereocenters. The molecular weight excluding hydrogens is 359 g/mol. The van der Waals surface area contributed by atoms with Crippen LogP contribution in [0, 0.1) is 0 Å². The zero-order chi connectivity index (χ0) is 19.6. The first kappa shape index (κ1) is 20.6. The maximum Gasteiger partial charge on any atom is 0.390 e. The highest BCUT2D eigenvalue weighted by Gasteiger charge is 2.37. The zero-order valence-electron chi connectivity index (χ0n) is 15.9. The lowest BCUT2D eigenvalue weighted by molar-refractivity contribution is -0.137. The van der Waals surface area contributed by atoms with Crippen LogP contribution in [0.1, 0.15) is 32.8 Å². The molecule has 2 aromatic rings. The molecule has 8 heteroatoms. The molecule has 0 radical (unpaired) electrons. The molecule has 0 aromatic carbocycles. The Morgan fingerprint density at radius 1 is 1.12 bits per heavy atom. The molecule has 0 saturated heterocycles. The first-order valence-corrected chi connectivity index (χ1v) is 11.5. The predicted molar refractivity (Wildman–Crippen MR) is 98.1 cm³/mol. The van der Waals surface area contributed by atoms with Gasteiger partial charge in [-0.15, -0.1) is 0 Å². The van der Waals surface area contributed by atoms with Crippen LogP contribution in [0.15, 0.2) is 30.6 Å². The van der Waals surface area contributed by atoms with Crippen molar-refractivity contribution < 1.29 is 17.6 Å². The SMILES string of the molecule is CC(C)(C)[Si](C)(C)OCc1cccnc1-c1ccnn1CCC(F)(F)F. The molecule has 0 atom stereocenters. The molecule has 2 heterocycles. The van der Waals surface area contributed by atoms with Gasteiger partial charge in [0.2, 0.25) is 0 Å². The second-order valence-electron chi connectivity index (χ2n) is 7.86. The predicted octanol–water partition coefficient (Wildman–Crippen LogP) is 5.42. The molecule has 2 aromatic heterocycles. The van der Waals surface area contributed by atoms with Gasteiger partial charge in [-0.1, -0.05) is 26.8 Å². The Morgan fingerprint density at radius 3 is 2.42 bits per heavy atom. The van der Waals surface area contributed by atoms with Crippen molar-refractivity contribution in [2.75, 3.05) is 0 Å². The maximum atomic E-state index is 12.6. The minimum absolute atomic E-state index is 0.0733. The number of rotatable bonds is 6. The van der Waals surface area contributed by atoms with Crippen LogP contribution in [0.25, 0.3) is 11.4 Å². The van der Waals surface area contributed by atoms with Crippen molar-refractivity contribution >= 4 is 8.32 Å². The van der Waals surface area contributed by atoms with Gasteiger partial charge in [0.05, 0.1) is 31.0 Å². The number of pyridine rings is 1. The minimum Gasteiger partial charge on any atom is -0.412 e. The lowest BCUT2D eigenvalue weighted by Crippen LogP contribution is -2.40. The van der Waals surface area contributed by atoms with E-state index in [0.29, 0.717) is 18.0 Å². The molecule has 0 N–H and O–H groups in total. The Morgan fingerprint density at radius 2 is 1.81 bits per heavy atom. The van der Waals surface area contributed by atoms with Gasteiger partial charge in [0.25, 0.3) is 0 Å². The second kappa shape index (κ2) is 7.52. The summed E-state index contributed by atoms with van der Waals surface area (Å²) in [4.78, 5) is 4.38. The summed E-state index contributed by atoms with van der Waals surface area (Å²) in [5, 5.41) is 4.10. The molecule has 4 nitrogen and oxygen atoms in total. The maximum absolute atomic E-state index is 12.6. The fraction of sp³-hybridized carbons (Fsp3) is 0.556. The first-order chi connectivity index (χ1) is 11.9. The van der Waals surface area contributed by atoms with Crippen LogP contribution in [0.2, 0.25) is 18.1 Å². The van der Waals surface area contributed by atoms with Crippen LogP contribution in [-0.4, -0.2) is 29.3 Å². The normalized spacial score (nSPS) is 13.2. The van der Waals surface area contributed by atoms with Crippen molar-refractivity contribution in [3.63, 3.8) is 0 Å². The van der Waals surface area contributed by atoms with Gasteiger partial charge >= 0.3 is 6.18 Å². The van der Waals surface area contributed by atoms with Gasteiger partial charge < -0.3 is 4.43 Å². The molecule has 0 spiro atoms. The first-order valence-electron chi connectivity index (χ1n) is 8.57. The average molecular weight is 386 g/mol. The quantitative estimate of drug-likeness (QED) is 0.624. The van der Waals surface area contributed by atoms with Gasteiger partial charge in [0, 0.05) is 18.0 Å².